The van der Waals surface area contributed by atoms with Gasteiger partial charge in [-0.2, -0.15) is 0 Å². The van der Waals surface area contributed by atoms with Crippen LogP contribution in [0.1, 0.15) is 12.5 Å². The van der Waals surface area contributed by atoms with Gasteiger partial charge in [-0.05, 0) is 25.1 Å². The predicted molar refractivity (Wildman–Crippen MR) is 62.9 cm³/mol. The third-order valence-electron chi connectivity index (χ3n) is 2.39. The molecule has 0 fully saturated rings. The van der Waals surface area contributed by atoms with Gasteiger partial charge >= 0.3 is 0 Å². The minimum Gasteiger partial charge on any atom is -0.497 e. The van der Waals surface area contributed by atoms with Gasteiger partial charge in [0.1, 0.15) is 11.5 Å². The number of halogens is 1. The maximum Gasteiger partial charge on any atom is 0.183 e. The third kappa shape index (κ3) is 2.40. The molecule has 0 saturated heterocycles. The van der Waals surface area contributed by atoms with Crippen LogP contribution < -0.4 is 15.2 Å². The van der Waals surface area contributed by atoms with Crippen LogP contribution in [0.15, 0.2) is 18.2 Å². The number of methoxy groups -OCH3 is 2. The summed E-state index contributed by atoms with van der Waals surface area (Å²) in [4.78, 5) is 0. The van der Waals surface area contributed by atoms with Crippen molar-refractivity contribution in [2.45, 2.75) is 18.0 Å². The molecule has 2 atom stereocenters. The van der Waals surface area contributed by atoms with Crippen LogP contribution in [-0.4, -0.2) is 25.4 Å². The van der Waals surface area contributed by atoms with E-state index in [1.54, 1.807) is 25.1 Å². The molecule has 2 unspecified atom stereocenters. The number of rotatable bonds is 4. The summed E-state index contributed by atoms with van der Waals surface area (Å²) in [6.45, 7) is 1.62. The van der Waals surface area contributed by atoms with Gasteiger partial charge in [0, 0.05) is 11.6 Å². The first-order valence-corrected chi connectivity index (χ1v) is 5.20. The molecule has 0 radical (unpaired) electrons. The smallest absolute Gasteiger partial charge is 0.183 e. The van der Waals surface area contributed by atoms with Crippen LogP contribution >= 0.6 is 11.6 Å². The Morgan fingerprint density at radius 3 is 2.44 bits per heavy atom. The standard InChI is InChI=1S/C11H16ClNO3/c1-7(13)11(12,14)9-6-8(15-2)4-5-10(9)16-3/h4-7,14H,13H2,1-3H3. The molecular formula is C11H16ClNO3. The Morgan fingerprint density at radius 2 is 2.00 bits per heavy atom. The fourth-order valence-electron chi connectivity index (χ4n) is 1.33. The summed E-state index contributed by atoms with van der Waals surface area (Å²) in [7, 11) is 3.03. The Hall–Kier alpha value is -0.970. The van der Waals surface area contributed by atoms with Gasteiger partial charge in [-0.3, -0.25) is 0 Å². The van der Waals surface area contributed by atoms with Gasteiger partial charge in [-0.15, -0.1) is 0 Å². The molecule has 0 aliphatic carbocycles. The van der Waals surface area contributed by atoms with Crippen molar-refractivity contribution in [3.05, 3.63) is 23.8 Å². The van der Waals surface area contributed by atoms with Crippen LogP contribution in [0, 0.1) is 0 Å². The second-order valence-electron chi connectivity index (χ2n) is 3.53. The van der Waals surface area contributed by atoms with Crippen LogP contribution in [0.3, 0.4) is 0 Å². The van der Waals surface area contributed by atoms with Crippen molar-refractivity contribution in [1.82, 2.24) is 0 Å². The monoisotopic (exact) mass is 245 g/mol. The topological polar surface area (TPSA) is 64.7 Å². The van der Waals surface area contributed by atoms with Crippen molar-refractivity contribution < 1.29 is 14.6 Å². The van der Waals surface area contributed by atoms with Crippen LogP contribution in [0.25, 0.3) is 0 Å². The molecule has 1 aromatic carbocycles. The van der Waals surface area contributed by atoms with Gasteiger partial charge < -0.3 is 20.3 Å². The van der Waals surface area contributed by atoms with Crippen LogP contribution in [-0.2, 0) is 5.06 Å². The van der Waals surface area contributed by atoms with Crippen LogP contribution in [0.5, 0.6) is 11.5 Å². The largest absolute Gasteiger partial charge is 0.497 e. The van der Waals surface area contributed by atoms with Gasteiger partial charge in [0.2, 0.25) is 0 Å². The molecule has 1 aromatic rings. The average Bonchev–Trinajstić information content (AvgIpc) is 2.27. The van der Waals surface area contributed by atoms with Crippen LogP contribution in [0.2, 0.25) is 0 Å². The third-order valence-corrected chi connectivity index (χ3v) is 2.94. The van der Waals surface area contributed by atoms with E-state index < -0.39 is 11.1 Å². The van der Waals surface area contributed by atoms with Crippen molar-refractivity contribution in [2.75, 3.05) is 14.2 Å². The van der Waals surface area contributed by atoms with Crippen LogP contribution in [0.4, 0.5) is 0 Å². The number of benzene rings is 1. The van der Waals surface area contributed by atoms with Crippen molar-refractivity contribution in [1.29, 1.82) is 0 Å². The quantitative estimate of drug-likeness (QED) is 0.788. The van der Waals surface area contributed by atoms with E-state index in [9.17, 15) is 5.11 Å². The normalized spacial score (nSPS) is 16.4. The number of nitrogens with two attached hydrogens (primary N) is 1. The van der Waals surface area contributed by atoms with Gasteiger partial charge in [0.25, 0.3) is 0 Å². The molecule has 3 N–H and O–H groups in total. The number of ether oxygens (including phenoxy) is 2. The van der Waals surface area contributed by atoms with E-state index in [1.165, 1.54) is 14.2 Å². The zero-order valence-corrected chi connectivity index (χ0v) is 10.3. The van der Waals surface area contributed by atoms with Gasteiger partial charge in [0.15, 0.2) is 5.06 Å². The summed E-state index contributed by atoms with van der Waals surface area (Å²) >= 11 is 6.00. The number of alkyl halides is 1. The molecular weight excluding hydrogens is 230 g/mol. The summed E-state index contributed by atoms with van der Waals surface area (Å²) < 4.78 is 10.2. The summed E-state index contributed by atoms with van der Waals surface area (Å²) in [5.41, 5.74) is 6.03. The second-order valence-corrected chi connectivity index (χ2v) is 4.10. The Kier molecular flexibility index (Phi) is 4.02. The molecule has 0 amide bonds. The van der Waals surface area contributed by atoms with E-state index in [2.05, 4.69) is 0 Å². The number of hydrogen-bond donors (Lipinski definition) is 2. The molecule has 0 bridgehead atoms. The fourth-order valence-corrected chi connectivity index (χ4v) is 1.48. The highest BCUT2D eigenvalue weighted by atomic mass is 35.5. The first-order valence-electron chi connectivity index (χ1n) is 4.82. The first kappa shape index (κ1) is 13.1. The van der Waals surface area contributed by atoms with Crippen molar-refractivity contribution in [2.24, 2.45) is 5.73 Å². The number of aliphatic hydroxyl groups is 1. The van der Waals surface area contributed by atoms with E-state index in [1.807, 2.05) is 0 Å². The maximum atomic E-state index is 10.1. The van der Waals surface area contributed by atoms with Gasteiger partial charge in [-0.25, -0.2) is 0 Å². The van der Waals surface area contributed by atoms with E-state index >= 15 is 0 Å². The SMILES string of the molecule is COc1ccc(OC)c(C(O)(Cl)C(C)N)c1. The summed E-state index contributed by atoms with van der Waals surface area (Å²) in [6.07, 6.45) is 0. The molecule has 5 heteroatoms. The van der Waals surface area contributed by atoms with Crippen molar-refractivity contribution in [3.8, 4) is 11.5 Å². The molecule has 0 heterocycles. The molecule has 4 nitrogen and oxygen atoms in total. The highest BCUT2D eigenvalue weighted by Gasteiger charge is 2.34. The highest BCUT2D eigenvalue weighted by Crippen LogP contribution is 2.37. The molecule has 90 valence electrons. The lowest BCUT2D eigenvalue weighted by atomic mass is 10.0. The minimum atomic E-state index is -1.68. The second kappa shape index (κ2) is 4.91. The summed E-state index contributed by atoms with van der Waals surface area (Å²) in [5.74, 6) is 1.05. The molecule has 0 aliphatic heterocycles. The summed E-state index contributed by atoms with van der Waals surface area (Å²) in [6, 6.07) is 4.35. The zero-order chi connectivity index (χ0) is 12.3. The fraction of sp³-hybridized carbons (Fsp3) is 0.455. The van der Waals surface area contributed by atoms with Crippen molar-refractivity contribution >= 4 is 11.6 Å². The molecule has 1 rings (SSSR count). The molecule has 0 saturated carbocycles. The number of hydrogen-bond acceptors (Lipinski definition) is 4. The molecule has 0 spiro atoms. The zero-order valence-electron chi connectivity index (χ0n) is 9.53. The van der Waals surface area contributed by atoms with E-state index in [4.69, 9.17) is 26.8 Å². The van der Waals surface area contributed by atoms with E-state index in [-0.39, 0.29) is 0 Å². The van der Waals surface area contributed by atoms with Gasteiger partial charge in [-0.1, -0.05) is 11.6 Å². The Bertz CT molecular complexity index is 366. The first-order chi connectivity index (χ1) is 7.43. The maximum absolute atomic E-state index is 10.1. The molecule has 0 aliphatic rings. The van der Waals surface area contributed by atoms with Crippen molar-refractivity contribution in [3.63, 3.8) is 0 Å². The Balaban J connectivity index is 3.28. The Labute approximate surface area is 99.9 Å². The lowest BCUT2D eigenvalue weighted by molar-refractivity contribution is 0.101. The summed E-state index contributed by atoms with van der Waals surface area (Å²) in [5, 5.41) is 8.42. The highest BCUT2D eigenvalue weighted by molar-refractivity contribution is 6.23. The van der Waals surface area contributed by atoms with E-state index in [0.29, 0.717) is 17.1 Å². The average molecular weight is 246 g/mol. The lowest BCUT2D eigenvalue weighted by Crippen LogP contribution is -2.38. The van der Waals surface area contributed by atoms with E-state index in [0.717, 1.165) is 0 Å². The molecule has 0 aromatic heterocycles. The van der Waals surface area contributed by atoms with Gasteiger partial charge in [0.05, 0.1) is 14.2 Å². The predicted octanol–water partition coefficient (Wildman–Crippen LogP) is 1.43. The lowest BCUT2D eigenvalue weighted by Gasteiger charge is -2.27. The Morgan fingerprint density at radius 1 is 1.38 bits per heavy atom. The molecule has 16 heavy (non-hydrogen) atoms. The minimum absolute atomic E-state index is 0.394.